The van der Waals surface area contributed by atoms with Gasteiger partial charge in [-0.1, -0.05) is 0 Å². The van der Waals surface area contributed by atoms with E-state index in [9.17, 15) is 14.0 Å². The third-order valence-electron chi connectivity index (χ3n) is 4.16. The van der Waals surface area contributed by atoms with Crippen LogP contribution in [0.15, 0.2) is 35.9 Å². The average Bonchev–Trinajstić information content (AvgIpc) is 2.84. The van der Waals surface area contributed by atoms with Crippen molar-refractivity contribution in [2.45, 2.75) is 13.8 Å². The Labute approximate surface area is 149 Å². The van der Waals surface area contributed by atoms with Gasteiger partial charge in [-0.3, -0.25) is 19.8 Å². The van der Waals surface area contributed by atoms with Gasteiger partial charge in [0, 0.05) is 24.1 Å². The number of halogens is 1. The number of carbonyl (C=O) groups is 2. The number of hydrogen-bond donors (Lipinski definition) is 1. The second-order valence-electron chi connectivity index (χ2n) is 5.82. The van der Waals surface area contributed by atoms with Crippen LogP contribution in [0.4, 0.5) is 4.39 Å². The van der Waals surface area contributed by atoms with E-state index in [-0.39, 0.29) is 16.5 Å². The van der Waals surface area contributed by atoms with E-state index in [0.717, 1.165) is 22.6 Å². The van der Waals surface area contributed by atoms with E-state index in [1.165, 1.54) is 24.1 Å². The second kappa shape index (κ2) is 6.25. The van der Waals surface area contributed by atoms with Gasteiger partial charge in [-0.2, -0.15) is 0 Å². The molecular formula is C18H16FN3O2S. The molecule has 0 radical (unpaired) electrons. The van der Waals surface area contributed by atoms with E-state index in [0.29, 0.717) is 0 Å². The molecule has 25 heavy (non-hydrogen) atoms. The minimum atomic E-state index is -0.514. The lowest BCUT2D eigenvalue weighted by molar-refractivity contribution is -0.128. The summed E-state index contributed by atoms with van der Waals surface area (Å²) in [7, 11) is 1.51. The topological polar surface area (TPSA) is 54.3 Å². The zero-order valence-corrected chi connectivity index (χ0v) is 14.8. The van der Waals surface area contributed by atoms with Crippen LogP contribution >= 0.6 is 12.2 Å². The number of thiocarbonyl (C=S) groups is 1. The molecule has 2 aromatic rings. The molecule has 2 heterocycles. The standard InChI is InChI=1S/C18H16FN3O2S/c1-10-8-12(9-15-16(23)20-18(25)21(3)17(15)24)11(2)22(10)14-6-4-13(19)5-7-14/h4-9H,1-3H3,(H,20,23,25)/b15-9-. The fourth-order valence-electron chi connectivity index (χ4n) is 2.82. The minimum absolute atomic E-state index is 0.0236. The quantitative estimate of drug-likeness (QED) is 0.510. The molecular weight excluding hydrogens is 341 g/mol. The van der Waals surface area contributed by atoms with E-state index in [2.05, 4.69) is 5.32 Å². The largest absolute Gasteiger partial charge is 0.318 e. The molecule has 2 amide bonds. The molecule has 5 nitrogen and oxygen atoms in total. The van der Waals surface area contributed by atoms with Crippen molar-refractivity contribution < 1.29 is 14.0 Å². The number of hydrogen-bond acceptors (Lipinski definition) is 3. The molecule has 3 rings (SSSR count). The minimum Gasteiger partial charge on any atom is -0.318 e. The highest BCUT2D eigenvalue weighted by molar-refractivity contribution is 7.80. The van der Waals surface area contributed by atoms with Gasteiger partial charge in [0.2, 0.25) is 0 Å². The third kappa shape index (κ3) is 2.98. The average molecular weight is 357 g/mol. The predicted molar refractivity (Wildman–Crippen MR) is 96.7 cm³/mol. The molecule has 0 saturated carbocycles. The fourth-order valence-corrected chi connectivity index (χ4v) is 3.00. The molecule has 0 unspecified atom stereocenters. The van der Waals surface area contributed by atoms with Gasteiger partial charge in [0.15, 0.2) is 5.11 Å². The van der Waals surface area contributed by atoms with Gasteiger partial charge in [-0.25, -0.2) is 4.39 Å². The van der Waals surface area contributed by atoms with Crippen LogP contribution in [0, 0.1) is 19.7 Å². The molecule has 1 aliphatic heterocycles. The van der Waals surface area contributed by atoms with Crippen molar-refractivity contribution >= 4 is 35.2 Å². The van der Waals surface area contributed by atoms with Crippen LogP contribution in [0.2, 0.25) is 0 Å². The van der Waals surface area contributed by atoms with Crippen LogP contribution in [-0.2, 0) is 9.59 Å². The molecule has 1 saturated heterocycles. The van der Waals surface area contributed by atoms with Crippen molar-refractivity contribution in [3.63, 3.8) is 0 Å². The highest BCUT2D eigenvalue weighted by Crippen LogP contribution is 2.24. The maximum atomic E-state index is 13.2. The van der Waals surface area contributed by atoms with Gasteiger partial charge >= 0.3 is 0 Å². The molecule has 0 spiro atoms. The SMILES string of the molecule is Cc1cc(/C=C2/C(=O)NC(=S)N(C)C2=O)c(C)n1-c1ccc(F)cc1. The fraction of sp³-hybridized carbons (Fsp3) is 0.167. The first-order chi connectivity index (χ1) is 11.8. The monoisotopic (exact) mass is 357 g/mol. The zero-order chi connectivity index (χ0) is 18.3. The van der Waals surface area contributed by atoms with Gasteiger partial charge in [-0.05, 0) is 68.0 Å². The molecule has 1 aliphatic rings. The van der Waals surface area contributed by atoms with Crippen LogP contribution in [-0.4, -0.2) is 33.4 Å². The van der Waals surface area contributed by atoms with Crippen LogP contribution < -0.4 is 5.32 Å². The van der Waals surface area contributed by atoms with E-state index in [4.69, 9.17) is 12.2 Å². The summed E-state index contributed by atoms with van der Waals surface area (Å²) in [6.45, 7) is 3.78. The smallest absolute Gasteiger partial charge is 0.265 e. The van der Waals surface area contributed by atoms with Gasteiger partial charge in [0.1, 0.15) is 11.4 Å². The summed E-state index contributed by atoms with van der Waals surface area (Å²) >= 11 is 4.94. The first kappa shape index (κ1) is 17.0. The van der Waals surface area contributed by atoms with Crippen LogP contribution in [0.25, 0.3) is 11.8 Å². The Bertz CT molecular complexity index is 929. The first-order valence-electron chi connectivity index (χ1n) is 7.59. The Morgan fingerprint density at radius 1 is 1.16 bits per heavy atom. The van der Waals surface area contributed by atoms with Crippen molar-refractivity contribution in [3.05, 3.63) is 58.7 Å². The van der Waals surface area contributed by atoms with Crippen molar-refractivity contribution in [2.24, 2.45) is 0 Å². The van der Waals surface area contributed by atoms with E-state index in [1.54, 1.807) is 18.2 Å². The number of carbonyl (C=O) groups excluding carboxylic acids is 2. The number of likely N-dealkylation sites (N-methyl/N-ethyl adjacent to an activating group) is 1. The van der Waals surface area contributed by atoms with Crippen molar-refractivity contribution in [1.82, 2.24) is 14.8 Å². The number of nitrogens with one attached hydrogen (secondary N) is 1. The number of rotatable bonds is 2. The molecule has 1 N–H and O–H groups in total. The van der Waals surface area contributed by atoms with Crippen molar-refractivity contribution in [1.29, 1.82) is 0 Å². The second-order valence-corrected chi connectivity index (χ2v) is 6.21. The summed E-state index contributed by atoms with van der Waals surface area (Å²) in [5, 5.41) is 2.58. The van der Waals surface area contributed by atoms with Gasteiger partial charge in [0.25, 0.3) is 11.8 Å². The third-order valence-corrected chi connectivity index (χ3v) is 4.54. The van der Waals surface area contributed by atoms with Gasteiger partial charge < -0.3 is 4.57 Å². The summed E-state index contributed by atoms with van der Waals surface area (Å²) in [6.07, 6.45) is 1.55. The lowest BCUT2D eigenvalue weighted by Crippen LogP contribution is -2.52. The van der Waals surface area contributed by atoms with E-state index in [1.807, 2.05) is 24.5 Å². The molecule has 1 aromatic heterocycles. The summed E-state index contributed by atoms with van der Waals surface area (Å²) in [5.41, 5.74) is 3.31. The van der Waals surface area contributed by atoms with E-state index >= 15 is 0 Å². The Morgan fingerprint density at radius 2 is 1.80 bits per heavy atom. The normalized spacial score (nSPS) is 16.6. The summed E-state index contributed by atoms with van der Waals surface area (Å²) in [4.78, 5) is 25.7. The summed E-state index contributed by atoms with van der Waals surface area (Å²) in [6, 6.07) is 8.01. The molecule has 0 aliphatic carbocycles. The number of benzene rings is 1. The Morgan fingerprint density at radius 3 is 2.44 bits per heavy atom. The van der Waals surface area contributed by atoms with Crippen LogP contribution in [0.5, 0.6) is 0 Å². The first-order valence-corrected chi connectivity index (χ1v) is 8.00. The van der Waals surface area contributed by atoms with Crippen molar-refractivity contribution in [2.75, 3.05) is 7.05 Å². The summed E-state index contributed by atoms with van der Waals surface area (Å²) < 4.78 is 15.1. The molecule has 0 atom stereocenters. The van der Waals surface area contributed by atoms with Gasteiger partial charge in [0.05, 0.1) is 0 Å². The molecule has 0 bridgehead atoms. The predicted octanol–water partition coefficient (Wildman–Crippen LogP) is 2.49. The van der Waals surface area contributed by atoms with Crippen LogP contribution in [0.3, 0.4) is 0 Å². The highest BCUT2D eigenvalue weighted by atomic mass is 32.1. The molecule has 128 valence electrons. The lowest BCUT2D eigenvalue weighted by atomic mass is 10.1. The highest BCUT2D eigenvalue weighted by Gasteiger charge is 2.31. The molecule has 1 fully saturated rings. The number of aryl methyl sites for hydroxylation is 1. The number of aromatic nitrogens is 1. The summed E-state index contributed by atoms with van der Waals surface area (Å²) in [5.74, 6) is -1.27. The maximum absolute atomic E-state index is 13.2. The van der Waals surface area contributed by atoms with Crippen LogP contribution in [0.1, 0.15) is 17.0 Å². The number of nitrogens with zero attached hydrogens (tertiary/aromatic N) is 2. The maximum Gasteiger partial charge on any atom is 0.265 e. The Hall–Kier alpha value is -2.80. The lowest BCUT2D eigenvalue weighted by Gasteiger charge is -2.25. The zero-order valence-electron chi connectivity index (χ0n) is 14.0. The number of amides is 2. The van der Waals surface area contributed by atoms with Gasteiger partial charge in [-0.15, -0.1) is 0 Å². The molecule has 1 aromatic carbocycles. The van der Waals surface area contributed by atoms with E-state index < -0.39 is 11.8 Å². The Kier molecular flexibility index (Phi) is 4.26. The Balaban J connectivity index is 2.06. The molecule has 7 heteroatoms. The van der Waals surface area contributed by atoms with Crippen molar-refractivity contribution in [3.8, 4) is 5.69 Å².